The van der Waals surface area contributed by atoms with Gasteiger partial charge < -0.3 is 14.4 Å². The highest BCUT2D eigenvalue weighted by Crippen LogP contribution is 2.04. The smallest absolute Gasteiger partial charge is 0.270 e. The van der Waals surface area contributed by atoms with E-state index in [1.54, 1.807) is 19.1 Å². The van der Waals surface area contributed by atoms with E-state index in [0.29, 0.717) is 44.9 Å². The average Bonchev–Trinajstić information content (AvgIpc) is 2.43. The van der Waals surface area contributed by atoms with Crippen LogP contribution in [0.2, 0.25) is 0 Å². The van der Waals surface area contributed by atoms with Crippen LogP contribution in [0.15, 0.2) is 5.10 Å². The second kappa shape index (κ2) is 8.60. The van der Waals surface area contributed by atoms with Gasteiger partial charge in [-0.05, 0) is 6.42 Å². The highest BCUT2D eigenvalue weighted by molar-refractivity contribution is 6.39. The Labute approximate surface area is 112 Å². The van der Waals surface area contributed by atoms with Gasteiger partial charge in [-0.15, -0.1) is 0 Å². The standard InChI is InChI=1S/C12H21N3O4/c1-18-8-3-6-15(7-9-19-2)12(17)10-4-5-11(16)14-13-10/h3-9H2,1-2H3,(H,14,16). The lowest BCUT2D eigenvalue weighted by molar-refractivity contribution is -0.125. The first-order chi connectivity index (χ1) is 9.19. The minimum absolute atomic E-state index is 0.145. The maximum absolute atomic E-state index is 12.3. The van der Waals surface area contributed by atoms with Gasteiger partial charge in [0.05, 0.1) is 6.61 Å². The van der Waals surface area contributed by atoms with E-state index in [2.05, 4.69) is 10.5 Å². The Bertz CT molecular complexity index is 344. The topological polar surface area (TPSA) is 80.2 Å². The Morgan fingerprint density at radius 1 is 1.26 bits per heavy atom. The van der Waals surface area contributed by atoms with Gasteiger partial charge in [-0.1, -0.05) is 0 Å². The third kappa shape index (κ3) is 5.35. The number of methoxy groups -OCH3 is 2. The molecule has 19 heavy (non-hydrogen) atoms. The van der Waals surface area contributed by atoms with Crippen molar-refractivity contribution in [2.75, 3.05) is 40.5 Å². The number of ether oxygens (including phenoxy) is 2. The molecule has 2 amide bonds. The molecule has 0 unspecified atom stereocenters. The van der Waals surface area contributed by atoms with Crippen molar-refractivity contribution in [2.24, 2.45) is 5.10 Å². The summed E-state index contributed by atoms with van der Waals surface area (Å²) in [5, 5.41) is 3.82. The van der Waals surface area contributed by atoms with Gasteiger partial charge in [0, 0.05) is 46.8 Å². The summed E-state index contributed by atoms with van der Waals surface area (Å²) in [6, 6.07) is 0. The second-order valence-electron chi connectivity index (χ2n) is 4.22. The van der Waals surface area contributed by atoms with Crippen molar-refractivity contribution < 1.29 is 19.1 Å². The Morgan fingerprint density at radius 2 is 2.00 bits per heavy atom. The summed E-state index contributed by atoms with van der Waals surface area (Å²) in [7, 11) is 3.22. The van der Waals surface area contributed by atoms with Gasteiger partial charge >= 0.3 is 0 Å². The summed E-state index contributed by atoms with van der Waals surface area (Å²) in [5.74, 6) is -0.299. The highest BCUT2D eigenvalue weighted by Gasteiger charge is 2.23. The van der Waals surface area contributed by atoms with E-state index in [9.17, 15) is 9.59 Å². The summed E-state index contributed by atoms with van der Waals surface area (Å²) >= 11 is 0. The van der Waals surface area contributed by atoms with Crippen LogP contribution in [0.25, 0.3) is 0 Å². The highest BCUT2D eigenvalue weighted by atomic mass is 16.5. The van der Waals surface area contributed by atoms with Gasteiger partial charge in [-0.2, -0.15) is 5.10 Å². The molecule has 7 nitrogen and oxygen atoms in total. The van der Waals surface area contributed by atoms with Crippen LogP contribution >= 0.6 is 0 Å². The lowest BCUT2D eigenvalue weighted by Gasteiger charge is -2.24. The number of carbonyl (C=O) groups excluding carboxylic acids is 2. The zero-order chi connectivity index (χ0) is 14.1. The number of hydrazone groups is 1. The molecule has 0 spiro atoms. The molecule has 108 valence electrons. The lowest BCUT2D eigenvalue weighted by Crippen LogP contribution is -2.42. The Hall–Kier alpha value is -1.47. The van der Waals surface area contributed by atoms with E-state index in [1.807, 2.05) is 0 Å². The van der Waals surface area contributed by atoms with Crippen LogP contribution in [0.4, 0.5) is 0 Å². The van der Waals surface area contributed by atoms with E-state index in [-0.39, 0.29) is 11.8 Å². The third-order valence-corrected chi connectivity index (χ3v) is 2.78. The van der Waals surface area contributed by atoms with Gasteiger partial charge in [0.25, 0.3) is 5.91 Å². The molecule has 0 aliphatic carbocycles. The van der Waals surface area contributed by atoms with E-state index < -0.39 is 0 Å². The number of nitrogens with one attached hydrogen (secondary N) is 1. The Balaban J connectivity index is 2.56. The fourth-order valence-corrected chi connectivity index (χ4v) is 1.73. The number of nitrogens with zero attached hydrogens (tertiary/aromatic N) is 2. The summed E-state index contributed by atoms with van der Waals surface area (Å²) < 4.78 is 9.98. The number of hydrogen-bond donors (Lipinski definition) is 1. The quantitative estimate of drug-likeness (QED) is 0.618. The molecule has 7 heteroatoms. The Morgan fingerprint density at radius 3 is 2.58 bits per heavy atom. The van der Waals surface area contributed by atoms with E-state index in [0.717, 1.165) is 6.42 Å². The van der Waals surface area contributed by atoms with Gasteiger partial charge in [0.15, 0.2) is 0 Å². The number of hydrogen-bond acceptors (Lipinski definition) is 5. The minimum Gasteiger partial charge on any atom is -0.385 e. The van der Waals surface area contributed by atoms with E-state index in [4.69, 9.17) is 9.47 Å². The molecule has 0 aromatic carbocycles. The normalized spacial score (nSPS) is 14.8. The van der Waals surface area contributed by atoms with Crippen molar-refractivity contribution in [3.05, 3.63) is 0 Å². The van der Waals surface area contributed by atoms with Gasteiger partial charge in [0.2, 0.25) is 5.91 Å². The van der Waals surface area contributed by atoms with E-state index in [1.165, 1.54) is 0 Å². The molecule has 0 saturated heterocycles. The molecule has 0 atom stereocenters. The summed E-state index contributed by atoms with van der Waals surface area (Å²) in [4.78, 5) is 24.9. The molecular weight excluding hydrogens is 250 g/mol. The summed E-state index contributed by atoms with van der Waals surface area (Å²) in [6.45, 7) is 2.16. The van der Waals surface area contributed by atoms with Crippen LogP contribution in [0.5, 0.6) is 0 Å². The predicted octanol–water partition coefficient (Wildman–Crippen LogP) is -0.236. The van der Waals surface area contributed by atoms with Gasteiger partial charge in [0.1, 0.15) is 5.71 Å². The monoisotopic (exact) mass is 271 g/mol. The van der Waals surface area contributed by atoms with Crippen LogP contribution < -0.4 is 5.43 Å². The minimum atomic E-state index is -0.153. The first-order valence-corrected chi connectivity index (χ1v) is 6.31. The first-order valence-electron chi connectivity index (χ1n) is 6.31. The summed E-state index contributed by atoms with van der Waals surface area (Å²) in [6.07, 6.45) is 1.45. The molecule has 0 fully saturated rings. The van der Waals surface area contributed by atoms with Crippen LogP contribution in [0.1, 0.15) is 19.3 Å². The molecule has 0 bridgehead atoms. The molecule has 1 aliphatic heterocycles. The fraction of sp³-hybridized carbons (Fsp3) is 0.750. The molecule has 0 aromatic rings. The van der Waals surface area contributed by atoms with Crippen LogP contribution in [0, 0.1) is 0 Å². The number of amides is 2. The van der Waals surface area contributed by atoms with Gasteiger partial charge in [-0.3, -0.25) is 9.59 Å². The summed E-state index contributed by atoms with van der Waals surface area (Å²) in [5.41, 5.74) is 2.73. The SMILES string of the molecule is COCCCN(CCOC)C(=O)C1=NNC(=O)CC1. The largest absolute Gasteiger partial charge is 0.385 e. The second-order valence-corrected chi connectivity index (χ2v) is 4.22. The molecule has 1 heterocycles. The van der Waals surface area contributed by atoms with Crippen molar-refractivity contribution >= 4 is 17.5 Å². The van der Waals surface area contributed by atoms with Crippen molar-refractivity contribution in [2.45, 2.75) is 19.3 Å². The number of carbonyl (C=O) groups is 2. The lowest BCUT2D eigenvalue weighted by atomic mass is 10.1. The zero-order valence-electron chi connectivity index (χ0n) is 11.5. The van der Waals surface area contributed by atoms with Crippen molar-refractivity contribution in [1.82, 2.24) is 10.3 Å². The molecule has 0 aromatic heterocycles. The van der Waals surface area contributed by atoms with Crippen molar-refractivity contribution in [3.63, 3.8) is 0 Å². The molecular formula is C12H21N3O4. The molecule has 0 radical (unpaired) electrons. The fourth-order valence-electron chi connectivity index (χ4n) is 1.73. The van der Waals surface area contributed by atoms with Crippen LogP contribution in [-0.4, -0.2) is 62.9 Å². The maximum atomic E-state index is 12.3. The predicted molar refractivity (Wildman–Crippen MR) is 69.8 cm³/mol. The zero-order valence-corrected chi connectivity index (χ0v) is 11.5. The van der Waals surface area contributed by atoms with Gasteiger partial charge in [-0.25, -0.2) is 5.43 Å². The molecule has 0 saturated carbocycles. The average molecular weight is 271 g/mol. The molecule has 1 N–H and O–H groups in total. The van der Waals surface area contributed by atoms with Crippen LogP contribution in [0.3, 0.4) is 0 Å². The number of rotatable bonds is 8. The first kappa shape index (κ1) is 15.6. The van der Waals surface area contributed by atoms with Crippen LogP contribution in [-0.2, 0) is 19.1 Å². The van der Waals surface area contributed by atoms with E-state index >= 15 is 0 Å². The maximum Gasteiger partial charge on any atom is 0.270 e. The van der Waals surface area contributed by atoms with Crippen molar-refractivity contribution in [1.29, 1.82) is 0 Å². The Kier molecular flexibility index (Phi) is 7.06. The third-order valence-electron chi connectivity index (χ3n) is 2.78. The van der Waals surface area contributed by atoms with Crippen molar-refractivity contribution in [3.8, 4) is 0 Å². The molecule has 1 aliphatic rings. The molecule has 1 rings (SSSR count).